The van der Waals surface area contributed by atoms with Gasteiger partial charge in [0, 0.05) is 0 Å². The van der Waals surface area contributed by atoms with Gasteiger partial charge in [0.05, 0.1) is 0 Å². The zero-order chi connectivity index (χ0) is 22.7. The van der Waals surface area contributed by atoms with E-state index < -0.39 is 0 Å². The predicted molar refractivity (Wildman–Crippen MR) is 145 cm³/mol. The summed E-state index contributed by atoms with van der Waals surface area (Å²) in [6.45, 7) is 4.71. The second-order valence-electron chi connectivity index (χ2n) is 11.5. The van der Waals surface area contributed by atoms with Crippen molar-refractivity contribution in [2.24, 2.45) is 17.8 Å². The Morgan fingerprint density at radius 1 is 0.594 bits per heavy atom. The molecule has 188 valence electrons. The molecule has 0 heterocycles. The molecule has 2 aliphatic carbocycles. The molecule has 0 aliphatic heterocycles. The average Bonchev–Trinajstić information content (AvgIpc) is 2.84. The van der Waals surface area contributed by atoms with E-state index in [9.17, 15) is 0 Å². The molecule has 32 heavy (non-hydrogen) atoms. The van der Waals surface area contributed by atoms with Gasteiger partial charge >= 0.3 is 0 Å². The fourth-order valence-corrected chi connectivity index (χ4v) is 6.77. The SMILES string of the molecule is CCCCCCCCCCCCCC=C(C1CCCCC1)C(CCCC)C1CCCCC1. The van der Waals surface area contributed by atoms with Crippen LogP contribution in [-0.2, 0) is 0 Å². The van der Waals surface area contributed by atoms with E-state index in [4.69, 9.17) is 0 Å². The van der Waals surface area contributed by atoms with Crippen molar-refractivity contribution >= 4 is 0 Å². The van der Waals surface area contributed by atoms with E-state index in [1.807, 2.05) is 5.57 Å². The van der Waals surface area contributed by atoms with Crippen LogP contribution >= 0.6 is 0 Å². The van der Waals surface area contributed by atoms with E-state index in [0.29, 0.717) is 0 Å². The standard InChI is InChI=1S/C32H60/c1-3-5-7-8-9-10-11-12-13-14-15-22-28-32(30-25-20-17-21-26-30)31(27-6-4-2)29-23-18-16-19-24-29/h28-31H,3-27H2,1-2H3. The maximum atomic E-state index is 2.82. The third-order valence-corrected chi connectivity index (χ3v) is 8.78. The van der Waals surface area contributed by atoms with Crippen LogP contribution in [0.2, 0.25) is 0 Å². The first-order valence-electron chi connectivity index (χ1n) is 15.6. The normalized spacial score (nSPS) is 20.0. The summed E-state index contributed by atoms with van der Waals surface area (Å²) in [5, 5.41) is 0. The van der Waals surface area contributed by atoms with Crippen LogP contribution in [0.5, 0.6) is 0 Å². The van der Waals surface area contributed by atoms with Gasteiger partial charge < -0.3 is 0 Å². The van der Waals surface area contributed by atoms with Crippen LogP contribution in [0.25, 0.3) is 0 Å². The maximum Gasteiger partial charge on any atom is -0.0172 e. The first-order valence-corrected chi connectivity index (χ1v) is 15.6. The van der Waals surface area contributed by atoms with Crippen molar-refractivity contribution in [2.75, 3.05) is 0 Å². The molecule has 2 saturated carbocycles. The minimum atomic E-state index is 0.936. The number of unbranched alkanes of at least 4 members (excludes halogenated alkanes) is 12. The van der Waals surface area contributed by atoms with E-state index in [0.717, 1.165) is 17.8 Å². The highest BCUT2D eigenvalue weighted by Gasteiger charge is 2.30. The summed E-state index contributed by atoms with van der Waals surface area (Å²) >= 11 is 0. The molecule has 0 heteroatoms. The van der Waals surface area contributed by atoms with Crippen molar-refractivity contribution in [1.29, 1.82) is 0 Å². The molecule has 0 saturated heterocycles. The van der Waals surface area contributed by atoms with Gasteiger partial charge in [-0.15, -0.1) is 0 Å². The van der Waals surface area contributed by atoms with Gasteiger partial charge in [-0.3, -0.25) is 0 Å². The highest BCUT2D eigenvalue weighted by molar-refractivity contribution is 5.14. The van der Waals surface area contributed by atoms with Crippen molar-refractivity contribution in [3.63, 3.8) is 0 Å². The largest absolute Gasteiger partial charge is 0.0848 e. The third kappa shape index (κ3) is 11.7. The Morgan fingerprint density at radius 2 is 1.09 bits per heavy atom. The molecule has 0 aromatic heterocycles. The third-order valence-electron chi connectivity index (χ3n) is 8.78. The maximum absolute atomic E-state index is 2.82. The lowest BCUT2D eigenvalue weighted by atomic mass is 9.68. The highest BCUT2D eigenvalue weighted by atomic mass is 14.4. The number of hydrogen-bond acceptors (Lipinski definition) is 0. The molecule has 0 spiro atoms. The second-order valence-corrected chi connectivity index (χ2v) is 11.5. The van der Waals surface area contributed by atoms with E-state index in [1.165, 1.54) is 161 Å². The Morgan fingerprint density at radius 3 is 1.66 bits per heavy atom. The molecule has 0 radical (unpaired) electrons. The molecule has 0 aromatic carbocycles. The van der Waals surface area contributed by atoms with Crippen LogP contribution in [0, 0.1) is 17.8 Å². The van der Waals surface area contributed by atoms with E-state index in [-0.39, 0.29) is 0 Å². The molecule has 0 N–H and O–H groups in total. The van der Waals surface area contributed by atoms with Crippen molar-refractivity contribution in [2.45, 2.75) is 174 Å². The van der Waals surface area contributed by atoms with E-state index >= 15 is 0 Å². The van der Waals surface area contributed by atoms with Crippen molar-refractivity contribution in [3.05, 3.63) is 11.6 Å². The summed E-state index contributed by atoms with van der Waals surface area (Å²) in [4.78, 5) is 0. The lowest BCUT2D eigenvalue weighted by Gasteiger charge is -2.37. The van der Waals surface area contributed by atoms with Crippen LogP contribution in [0.3, 0.4) is 0 Å². The summed E-state index contributed by atoms with van der Waals surface area (Å²) in [5.41, 5.74) is 1.97. The monoisotopic (exact) mass is 444 g/mol. The summed E-state index contributed by atoms with van der Waals surface area (Å²) in [7, 11) is 0. The fourth-order valence-electron chi connectivity index (χ4n) is 6.77. The smallest absolute Gasteiger partial charge is 0.0172 e. The molecule has 0 nitrogen and oxygen atoms in total. The van der Waals surface area contributed by atoms with Crippen LogP contribution in [0.15, 0.2) is 11.6 Å². The topological polar surface area (TPSA) is 0 Å². The summed E-state index contributed by atoms with van der Waals surface area (Å²) in [5.74, 6) is 2.90. The van der Waals surface area contributed by atoms with Gasteiger partial charge in [0.1, 0.15) is 0 Å². The Kier molecular flexibility index (Phi) is 16.7. The lowest BCUT2D eigenvalue weighted by molar-refractivity contribution is 0.236. The highest BCUT2D eigenvalue weighted by Crippen LogP contribution is 2.43. The van der Waals surface area contributed by atoms with Crippen molar-refractivity contribution in [3.8, 4) is 0 Å². The van der Waals surface area contributed by atoms with Gasteiger partial charge in [-0.25, -0.2) is 0 Å². The minimum Gasteiger partial charge on any atom is -0.0848 e. The molecular weight excluding hydrogens is 384 g/mol. The molecule has 1 unspecified atom stereocenters. The lowest BCUT2D eigenvalue weighted by Crippen LogP contribution is -2.25. The first-order chi connectivity index (χ1) is 15.9. The Labute approximate surface area is 203 Å². The fraction of sp³-hybridized carbons (Fsp3) is 0.938. The first kappa shape index (κ1) is 28.0. The van der Waals surface area contributed by atoms with E-state index in [2.05, 4.69) is 19.9 Å². The molecule has 2 rings (SSSR count). The minimum absolute atomic E-state index is 0.936. The van der Waals surface area contributed by atoms with Crippen molar-refractivity contribution < 1.29 is 0 Å². The number of allylic oxidation sites excluding steroid dienone is 2. The Bertz CT molecular complexity index is 435. The van der Waals surface area contributed by atoms with Gasteiger partial charge in [-0.1, -0.05) is 141 Å². The summed E-state index contributed by atoms with van der Waals surface area (Å²) in [6, 6.07) is 0. The van der Waals surface area contributed by atoms with Gasteiger partial charge in [0.2, 0.25) is 0 Å². The van der Waals surface area contributed by atoms with Crippen molar-refractivity contribution in [1.82, 2.24) is 0 Å². The van der Waals surface area contributed by atoms with Gasteiger partial charge in [-0.2, -0.15) is 0 Å². The molecule has 1 atom stereocenters. The van der Waals surface area contributed by atoms with Crippen LogP contribution in [0.1, 0.15) is 174 Å². The van der Waals surface area contributed by atoms with Crippen LogP contribution in [0.4, 0.5) is 0 Å². The summed E-state index contributed by atoms with van der Waals surface area (Å²) < 4.78 is 0. The Hall–Kier alpha value is -0.260. The molecule has 2 fully saturated rings. The zero-order valence-corrected chi connectivity index (χ0v) is 22.5. The zero-order valence-electron chi connectivity index (χ0n) is 22.5. The predicted octanol–water partition coefficient (Wildman–Crippen LogP) is 11.6. The average molecular weight is 445 g/mol. The molecule has 0 amide bonds. The van der Waals surface area contributed by atoms with Crippen LogP contribution in [-0.4, -0.2) is 0 Å². The molecule has 0 bridgehead atoms. The van der Waals surface area contributed by atoms with Gasteiger partial charge in [-0.05, 0) is 62.7 Å². The quantitative estimate of drug-likeness (QED) is 0.146. The number of rotatable bonds is 18. The second kappa shape index (κ2) is 19.1. The van der Waals surface area contributed by atoms with E-state index in [1.54, 1.807) is 0 Å². The summed E-state index contributed by atoms with van der Waals surface area (Å²) in [6.07, 6.45) is 39.6. The van der Waals surface area contributed by atoms with Gasteiger partial charge in [0.15, 0.2) is 0 Å². The molecule has 0 aromatic rings. The van der Waals surface area contributed by atoms with Crippen LogP contribution < -0.4 is 0 Å². The number of hydrogen-bond donors (Lipinski definition) is 0. The Balaban J connectivity index is 1.77. The van der Waals surface area contributed by atoms with Gasteiger partial charge in [0.25, 0.3) is 0 Å². The molecule has 2 aliphatic rings. The molecular formula is C32H60.